The van der Waals surface area contributed by atoms with Gasteiger partial charge in [0.1, 0.15) is 0 Å². The van der Waals surface area contributed by atoms with E-state index in [-0.39, 0.29) is 41.0 Å². The maximum absolute atomic E-state index is 13.5. The van der Waals surface area contributed by atoms with Crippen molar-refractivity contribution >= 4 is 17.6 Å². The SMILES string of the molecule is CC(=O)N1CCC(n2nc([C@@H]3CCCN3C(=O)C3CCCCC3)c3c2CC(C)(C)CC3=O)CC1. The summed E-state index contributed by atoms with van der Waals surface area (Å²) >= 11 is 0. The zero-order valence-corrected chi connectivity index (χ0v) is 21.1. The van der Waals surface area contributed by atoms with Crippen LogP contribution in [0, 0.1) is 11.3 Å². The molecule has 2 aliphatic carbocycles. The summed E-state index contributed by atoms with van der Waals surface area (Å²) in [4.78, 5) is 42.8. The van der Waals surface area contributed by atoms with Crippen LogP contribution in [0.5, 0.6) is 0 Å². The number of fused-ring (bicyclic) bond motifs is 1. The Bertz CT molecular complexity index is 967. The number of Topliss-reactive ketones (excluding diaryl/α,β-unsaturated/α-hetero) is 1. The van der Waals surface area contributed by atoms with Gasteiger partial charge in [-0.3, -0.25) is 19.1 Å². The average molecular weight is 469 g/mol. The molecule has 1 aromatic rings. The fourth-order valence-corrected chi connectivity index (χ4v) is 6.86. The summed E-state index contributed by atoms with van der Waals surface area (Å²) in [6, 6.07) is 0.121. The first-order chi connectivity index (χ1) is 16.2. The van der Waals surface area contributed by atoms with Crippen LogP contribution in [-0.4, -0.2) is 56.8 Å². The summed E-state index contributed by atoms with van der Waals surface area (Å²) in [5.74, 6) is 0.730. The van der Waals surface area contributed by atoms with Crippen LogP contribution in [0.3, 0.4) is 0 Å². The van der Waals surface area contributed by atoms with E-state index in [1.807, 2.05) is 4.90 Å². The zero-order valence-electron chi connectivity index (χ0n) is 21.1. The van der Waals surface area contributed by atoms with Crippen molar-refractivity contribution in [2.45, 2.75) is 103 Å². The quantitative estimate of drug-likeness (QED) is 0.656. The van der Waals surface area contributed by atoms with E-state index in [2.05, 4.69) is 23.4 Å². The van der Waals surface area contributed by atoms with Gasteiger partial charge in [0.05, 0.1) is 29.0 Å². The van der Waals surface area contributed by atoms with Crippen molar-refractivity contribution in [2.75, 3.05) is 19.6 Å². The molecular formula is C27H40N4O3. The molecule has 0 bridgehead atoms. The van der Waals surface area contributed by atoms with Gasteiger partial charge in [-0.2, -0.15) is 5.10 Å². The lowest BCUT2D eigenvalue weighted by Crippen LogP contribution is -2.38. The Labute approximate surface area is 203 Å². The monoisotopic (exact) mass is 468 g/mol. The summed E-state index contributed by atoms with van der Waals surface area (Å²) in [7, 11) is 0. The molecule has 0 unspecified atom stereocenters. The van der Waals surface area contributed by atoms with Crippen LogP contribution in [0.2, 0.25) is 0 Å². The highest BCUT2D eigenvalue weighted by Gasteiger charge is 2.43. The smallest absolute Gasteiger partial charge is 0.226 e. The maximum atomic E-state index is 13.5. The van der Waals surface area contributed by atoms with Crippen LogP contribution in [0.15, 0.2) is 0 Å². The van der Waals surface area contributed by atoms with Crippen LogP contribution in [-0.2, 0) is 16.0 Å². The highest BCUT2D eigenvalue weighted by atomic mass is 16.2. The number of ketones is 1. The predicted molar refractivity (Wildman–Crippen MR) is 129 cm³/mol. The Kier molecular flexibility index (Phi) is 6.32. The molecule has 7 nitrogen and oxygen atoms in total. The Balaban J connectivity index is 1.48. The molecular weight excluding hydrogens is 428 g/mol. The molecule has 5 rings (SSSR count). The lowest BCUT2D eigenvalue weighted by molar-refractivity contribution is -0.137. The Morgan fingerprint density at radius 1 is 0.912 bits per heavy atom. The van der Waals surface area contributed by atoms with Gasteiger partial charge in [0, 0.05) is 38.9 Å². The zero-order chi connectivity index (χ0) is 24.0. The van der Waals surface area contributed by atoms with Crippen LogP contribution in [0.4, 0.5) is 0 Å². The largest absolute Gasteiger partial charge is 0.343 e. The van der Waals surface area contributed by atoms with Gasteiger partial charge in [0.15, 0.2) is 5.78 Å². The molecule has 0 N–H and O–H groups in total. The maximum Gasteiger partial charge on any atom is 0.226 e. The first kappa shape index (κ1) is 23.6. The Morgan fingerprint density at radius 3 is 2.29 bits per heavy atom. The summed E-state index contributed by atoms with van der Waals surface area (Å²) in [5.41, 5.74) is 2.63. The highest BCUT2D eigenvalue weighted by Crippen LogP contribution is 2.43. The first-order valence-electron chi connectivity index (χ1n) is 13.5. The number of aromatic nitrogens is 2. The average Bonchev–Trinajstić information content (AvgIpc) is 3.43. The van der Waals surface area contributed by atoms with Crippen molar-refractivity contribution in [3.8, 4) is 0 Å². The van der Waals surface area contributed by atoms with Gasteiger partial charge in [-0.05, 0) is 50.4 Å². The highest BCUT2D eigenvalue weighted by molar-refractivity contribution is 6.00. The molecule has 2 aliphatic heterocycles. The van der Waals surface area contributed by atoms with E-state index in [1.165, 1.54) is 6.42 Å². The van der Waals surface area contributed by atoms with Gasteiger partial charge >= 0.3 is 0 Å². The molecule has 0 aromatic carbocycles. The standard InChI is InChI=1S/C27H40N4O3/c1-18(32)29-14-11-20(12-15-29)31-22-16-27(2,3)17-23(33)24(22)25(28-31)21-10-7-13-30(21)26(34)19-8-5-4-6-9-19/h19-21H,4-17H2,1-3H3/t21-/m0/s1. The van der Waals surface area contributed by atoms with Crippen molar-refractivity contribution in [3.05, 3.63) is 17.0 Å². The number of carbonyl (C=O) groups is 3. The van der Waals surface area contributed by atoms with Crippen molar-refractivity contribution in [2.24, 2.45) is 11.3 Å². The molecule has 3 fully saturated rings. The number of rotatable bonds is 3. The lowest BCUT2D eigenvalue weighted by atomic mass is 9.75. The molecule has 1 aromatic heterocycles. The number of hydrogen-bond acceptors (Lipinski definition) is 4. The van der Waals surface area contributed by atoms with Crippen LogP contribution in [0.1, 0.15) is 119 Å². The van der Waals surface area contributed by atoms with Crippen molar-refractivity contribution in [3.63, 3.8) is 0 Å². The molecule has 4 aliphatic rings. The number of amides is 2. The minimum absolute atomic E-state index is 0.0769. The predicted octanol–water partition coefficient (Wildman–Crippen LogP) is 4.47. The van der Waals surface area contributed by atoms with E-state index in [9.17, 15) is 14.4 Å². The summed E-state index contributed by atoms with van der Waals surface area (Å²) in [6.45, 7) is 8.20. The van der Waals surface area contributed by atoms with Gasteiger partial charge in [0.2, 0.25) is 11.8 Å². The number of likely N-dealkylation sites (tertiary alicyclic amines) is 2. The number of piperidine rings is 1. The van der Waals surface area contributed by atoms with Crippen molar-refractivity contribution < 1.29 is 14.4 Å². The topological polar surface area (TPSA) is 75.5 Å². The molecule has 186 valence electrons. The first-order valence-corrected chi connectivity index (χ1v) is 13.5. The number of nitrogens with zero attached hydrogens (tertiary/aromatic N) is 4. The van der Waals surface area contributed by atoms with E-state index < -0.39 is 0 Å². The van der Waals surface area contributed by atoms with Gasteiger partial charge in [0.25, 0.3) is 0 Å². The number of carbonyl (C=O) groups excluding carboxylic acids is 3. The third-order valence-electron chi connectivity index (χ3n) is 8.66. The fourth-order valence-electron chi connectivity index (χ4n) is 6.86. The van der Waals surface area contributed by atoms with Gasteiger partial charge < -0.3 is 9.80 Å². The molecule has 2 saturated heterocycles. The van der Waals surface area contributed by atoms with E-state index in [0.717, 1.165) is 94.4 Å². The van der Waals surface area contributed by atoms with Crippen LogP contribution < -0.4 is 0 Å². The van der Waals surface area contributed by atoms with Crippen LogP contribution >= 0.6 is 0 Å². The van der Waals surface area contributed by atoms with Crippen molar-refractivity contribution in [1.82, 2.24) is 19.6 Å². The third kappa shape index (κ3) is 4.31. The summed E-state index contributed by atoms with van der Waals surface area (Å²) in [6.07, 6.45) is 10.5. The van der Waals surface area contributed by atoms with Crippen molar-refractivity contribution in [1.29, 1.82) is 0 Å². The third-order valence-corrected chi connectivity index (χ3v) is 8.66. The van der Waals surface area contributed by atoms with Crippen LogP contribution in [0.25, 0.3) is 0 Å². The number of hydrogen-bond donors (Lipinski definition) is 0. The van der Waals surface area contributed by atoms with Gasteiger partial charge in [-0.25, -0.2) is 0 Å². The minimum atomic E-state index is -0.0908. The molecule has 1 saturated carbocycles. The molecule has 0 spiro atoms. The second kappa shape index (κ2) is 9.12. The molecule has 1 atom stereocenters. The minimum Gasteiger partial charge on any atom is -0.343 e. The summed E-state index contributed by atoms with van der Waals surface area (Å²) < 4.78 is 2.14. The lowest BCUT2D eigenvalue weighted by Gasteiger charge is -2.34. The van der Waals surface area contributed by atoms with E-state index in [1.54, 1.807) is 6.92 Å². The molecule has 0 radical (unpaired) electrons. The van der Waals surface area contributed by atoms with E-state index in [4.69, 9.17) is 5.10 Å². The van der Waals surface area contributed by atoms with Gasteiger partial charge in [-0.1, -0.05) is 33.1 Å². The normalized spacial score (nSPS) is 26.1. The fraction of sp³-hybridized carbons (Fsp3) is 0.778. The molecule has 7 heteroatoms. The van der Waals surface area contributed by atoms with E-state index in [0.29, 0.717) is 6.42 Å². The Morgan fingerprint density at radius 2 is 1.62 bits per heavy atom. The van der Waals surface area contributed by atoms with E-state index >= 15 is 0 Å². The second-order valence-corrected chi connectivity index (χ2v) is 11.9. The molecule has 2 amide bonds. The summed E-state index contributed by atoms with van der Waals surface area (Å²) in [5, 5.41) is 5.16. The Hall–Kier alpha value is -2.18. The molecule has 34 heavy (non-hydrogen) atoms. The second-order valence-electron chi connectivity index (χ2n) is 11.9. The van der Waals surface area contributed by atoms with Gasteiger partial charge in [-0.15, -0.1) is 0 Å². The molecule has 3 heterocycles.